The first kappa shape index (κ1) is 23.4. The number of fused-ring (bicyclic) bond motifs is 1. The third kappa shape index (κ3) is 4.13. The standard InChI is InChI=1S/C19H15N9O6S2/c20-19-24-13(26-36-19)10(25-33)14(29)23-11-16(30)28-12(18(31)32)9(6-35-17(11)28)5-27-3-1-2-8(4-27)15-21-7-22-34-15/h1-4,7,11,17H,5-6H2,(H4-,20,23,24,26,29,31,32,33)/p+1/t11-,17-/m1/s1. The number of hydrogen-bond acceptors (Lipinski definition) is 13. The fraction of sp³-hybridized carbons (Fsp3) is 0.211. The van der Waals surface area contributed by atoms with E-state index >= 15 is 0 Å². The van der Waals surface area contributed by atoms with Crippen LogP contribution < -0.4 is 15.6 Å². The lowest BCUT2D eigenvalue weighted by molar-refractivity contribution is -0.688. The lowest BCUT2D eigenvalue weighted by atomic mass is 10.0. The van der Waals surface area contributed by atoms with E-state index in [1.54, 1.807) is 29.1 Å². The van der Waals surface area contributed by atoms with Crippen molar-refractivity contribution < 1.29 is 33.8 Å². The molecule has 3 aromatic rings. The van der Waals surface area contributed by atoms with Gasteiger partial charge >= 0.3 is 5.97 Å². The van der Waals surface area contributed by atoms with Crippen molar-refractivity contribution in [1.82, 2.24) is 29.7 Å². The predicted octanol–water partition coefficient (Wildman–Crippen LogP) is -0.925. The summed E-state index contributed by atoms with van der Waals surface area (Å²) in [5.74, 6) is -2.34. The number of nitrogen functional groups attached to an aromatic ring is 1. The molecule has 0 spiro atoms. The first-order valence-corrected chi connectivity index (χ1v) is 12.0. The van der Waals surface area contributed by atoms with Crippen LogP contribution in [0.2, 0.25) is 0 Å². The highest BCUT2D eigenvalue weighted by molar-refractivity contribution is 8.00. The molecule has 0 unspecified atom stereocenters. The molecule has 17 heteroatoms. The van der Waals surface area contributed by atoms with Gasteiger partial charge in [0.05, 0.1) is 0 Å². The second kappa shape index (κ2) is 9.34. The SMILES string of the molecule is Nc1nc(/C(=N/O)C(=O)N[C@@H]2C(=O)N3C(C(=O)O)=C(C[n+]4cccc(-c5ncno5)c4)CS[C@H]23)ns1. The molecule has 0 bridgehead atoms. The van der Waals surface area contributed by atoms with Gasteiger partial charge in [0, 0.05) is 28.9 Å². The van der Waals surface area contributed by atoms with Crippen LogP contribution in [0.25, 0.3) is 11.5 Å². The Morgan fingerprint density at radius 3 is 2.92 bits per heavy atom. The van der Waals surface area contributed by atoms with E-state index in [0.29, 0.717) is 22.8 Å². The number of thioether (sulfide) groups is 1. The number of carboxylic acid groups (broad SMARTS) is 1. The number of nitrogens with two attached hydrogens (primary N) is 1. The first-order chi connectivity index (χ1) is 17.4. The molecule has 1 fully saturated rings. The van der Waals surface area contributed by atoms with Crippen molar-refractivity contribution in [2.45, 2.75) is 18.0 Å². The summed E-state index contributed by atoms with van der Waals surface area (Å²) in [5.41, 5.74) is 6.00. The van der Waals surface area contributed by atoms with E-state index in [0.717, 1.165) is 16.4 Å². The lowest BCUT2D eigenvalue weighted by Crippen LogP contribution is -2.71. The summed E-state index contributed by atoms with van der Waals surface area (Å²) in [6, 6.07) is 2.50. The zero-order valence-electron chi connectivity index (χ0n) is 18.0. The first-order valence-electron chi connectivity index (χ1n) is 10.2. The Morgan fingerprint density at radius 1 is 1.42 bits per heavy atom. The number of hydrogen-bond donors (Lipinski definition) is 4. The Balaban J connectivity index is 1.34. The molecule has 1 saturated heterocycles. The number of anilines is 1. The topological polar surface area (TPSA) is 214 Å². The molecule has 2 atom stereocenters. The molecule has 0 aromatic carbocycles. The summed E-state index contributed by atoms with van der Waals surface area (Å²) >= 11 is 2.11. The smallest absolute Gasteiger partial charge is 0.352 e. The lowest BCUT2D eigenvalue weighted by Gasteiger charge is -2.49. The van der Waals surface area contributed by atoms with Gasteiger partial charge in [0.25, 0.3) is 17.7 Å². The largest absolute Gasteiger partial charge is 0.477 e. The number of nitrogens with one attached hydrogen (secondary N) is 1. The van der Waals surface area contributed by atoms with Gasteiger partial charge < -0.3 is 25.9 Å². The van der Waals surface area contributed by atoms with Crippen molar-refractivity contribution >= 4 is 51.9 Å². The van der Waals surface area contributed by atoms with Crippen molar-refractivity contribution in [2.24, 2.45) is 5.16 Å². The Morgan fingerprint density at radius 2 is 2.25 bits per heavy atom. The molecule has 5 N–H and O–H groups in total. The molecule has 5 rings (SSSR count). The van der Waals surface area contributed by atoms with Crippen LogP contribution in [0.1, 0.15) is 5.82 Å². The van der Waals surface area contributed by atoms with Gasteiger partial charge in [-0.25, -0.2) is 9.36 Å². The predicted molar refractivity (Wildman–Crippen MR) is 122 cm³/mol. The van der Waals surface area contributed by atoms with E-state index in [1.165, 1.54) is 18.1 Å². The van der Waals surface area contributed by atoms with Crippen molar-refractivity contribution in [3.05, 3.63) is 47.9 Å². The molecule has 0 radical (unpaired) electrons. The Hall–Kier alpha value is -4.38. The number of aromatic nitrogens is 5. The second-order valence-electron chi connectivity index (χ2n) is 7.53. The summed E-state index contributed by atoms with van der Waals surface area (Å²) in [6.45, 7) is 0.197. The number of aliphatic carboxylic acids is 1. The highest BCUT2D eigenvalue weighted by atomic mass is 32.2. The number of nitrogens with zero attached hydrogens (tertiary/aromatic N) is 7. The Kier molecular flexibility index (Phi) is 6.06. The van der Waals surface area contributed by atoms with E-state index in [9.17, 15) is 24.7 Å². The molecule has 2 aliphatic heterocycles. The monoisotopic (exact) mass is 530 g/mol. The van der Waals surface area contributed by atoms with Gasteiger partial charge in [-0.15, -0.1) is 11.8 Å². The molecule has 36 heavy (non-hydrogen) atoms. The van der Waals surface area contributed by atoms with E-state index in [-0.39, 0.29) is 23.2 Å². The fourth-order valence-electron chi connectivity index (χ4n) is 3.81. The minimum absolute atomic E-state index is 0.0666. The van der Waals surface area contributed by atoms with Crippen LogP contribution in [-0.4, -0.2) is 75.4 Å². The zero-order chi connectivity index (χ0) is 25.4. The molecule has 15 nitrogen and oxygen atoms in total. The van der Waals surface area contributed by atoms with Crippen LogP contribution >= 0.6 is 23.3 Å². The van der Waals surface area contributed by atoms with Crippen molar-refractivity contribution in [2.75, 3.05) is 11.5 Å². The normalized spacial score (nSPS) is 19.6. The molecule has 2 aliphatic rings. The summed E-state index contributed by atoms with van der Waals surface area (Å²) in [4.78, 5) is 46.6. The summed E-state index contributed by atoms with van der Waals surface area (Å²) < 4.78 is 10.6. The number of carboxylic acids is 1. The number of carbonyl (C=O) groups excluding carboxylic acids is 2. The van der Waals surface area contributed by atoms with Crippen LogP contribution in [0.3, 0.4) is 0 Å². The number of amides is 2. The summed E-state index contributed by atoms with van der Waals surface area (Å²) in [5, 5.41) is 27.5. The fourth-order valence-corrected chi connectivity index (χ4v) is 5.57. The number of oxime groups is 1. The van der Waals surface area contributed by atoms with Gasteiger partial charge in [0.1, 0.15) is 22.7 Å². The highest BCUT2D eigenvalue weighted by Crippen LogP contribution is 2.40. The number of pyridine rings is 1. The van der Waals surface area contributed by atoms with Crippen molar-refractivity contribution in [3.8, 4) is 11.5 Å². The van der Waals surface area contributed by atoms with Gasteiger partial charge in [-0.3, -0.25) is 14.5 Å². The van der Waals surface area contributed by atoms with Gasteiger partial charge in [-0.05, 0) is 6.07 Å². The van der Waals surface area contributed by atoms with Gasteiger partial charge in [0.15, 0.2) is 30.4 Å². The molecule has 2 amide bonds. The number of β-lactam (4-membered cyclic amide) rings is 1. The molecule has 5 heterocycles. The van der Waals surface area contributed by atoms with Gasteiger partial charge in [-0.2, -0.15) is 14.3 Å². The maximum absolute atomic E-state index is 12.9. The van der Waals surface area contributed by atoms with Crippen molar-refractivity contribution in [3.63, 3.8) is 0 Å². The number of carbonyl (C=O) groups is 3. The molecule has 184 valence electrons. The molecular formula is C19H16N9O6S2+. The minimum Gasteiger partial charge on any atom is -0.477 e. The van der Waals surface area contributed by atoms with E-state index in [2.05, 4.69) is 30.0 Å². The summed E-state index contributed by atoms with van der Waals surface area (Å²) in [7, 11) is 0. The van der Waals surface area contributed by atoms with Crippen molar-refractivity contribution in [1.29, 1.82) is 0 Å². The maximum Gasteiger partial charge on any atom is 0.352 e. The van der Waals surface area contributed by atoms with Gasteiger partial charge in [0.2, 0.25) is 11.5 Å². The molecule has 0 saturated carbocycles. The minimum atomic E-state index is -1.26. The maximum atomic E-state index is 12.9. The number of rotatable bonds is 7. The second-order valence-corrected chi connectivity index (χ2v) is 9.42. The van der Waals surface area contributed by atoms with Crippen LogP contribution in [-0.2, 0) is 20.9 Å². The van der Waals surface area contributed by atoms with Crippen LogP contribution in [0, 0.1) is 0 Å². The van der Waals surface area contributed by atoms with E-state index in [1.807, 2.05) is 0 Å². The van der Waals surface area contributed by atoms with Crippen LogP contribution in [0.15, 0.2) is 51.8 Å². The van der Waals surface area contributed by atoms with E-state index in [4.69, 9.17) is 10.3 Å². The Labute approximate surface area is 209 Å². The third-order valence-electron chi connectivity index (χ3n) is 5.34. The third-order valence-corrected chi connectivity index (χ3v) is 7.23. The Bertz CT molecular complexity index is 1420. The zero-order valence-corrected chi connectivity index (χ0v) is 19.6. The average molecular weight is 531 g/mol. The summed E-state index contributed by atoms with van der Waals surface area (Å²) in [6.07, 6.45) is 4.75. The van der Waals surface area contributed by atoms with Crippen LogP contribution in [0.4, 0.5) is 5.13 Å². The van der Waals surface area contributed by atoms with Crippen LogP contribution in [0.5, 0.6) is 0 Å². The average Bonchev–Trinajstić information content (AvgIpc) is 3.55. The van der Waals surface area contributed by atoms with Gasteiger partial charge in [-0.1, -0.05) is 10.3 Å². The highest BCUT2D eigenvalue weighted by Gasteiger charge is 2.54. The molecule has 0 aliphatic carbocycles. The quantitative estimate of drug-likeness (QED) is 0.0959. The molecular weight excluding hydrogens is 514 g/mol. The molecule has 3 aromatic heterocycles. The van der Waals surface area contributed by atoms with E-state index < -0.39 is 34.9 Å².